The molecule has 0 saturated carbocycles. The van der Waals surface area contributed by atoms with Crippen molar-refractivity contribution in [3.05, 3.63) is 89.5 Å². The lowest BCUT2D eigenvalue weighted by Gasteiger charge is -2.13. The fraction of sp³-hybridized carbons (Fsp3) is 0.200. The molecule has 8 nitrogen and oxygen atoms in total. The molecule has 2 amide bonds. The van der Waals surface area contributed by atoms with E-state index in [-0.39, 0.29) is 11.6 Å². The fourth-order valence-electron chi connectivity index (χ4n) is 3.48. The molecule has 3 N–H and O–H groups in total. The summed E-state index contributed by atoms with van der Waals surface area (Å²) in [4.78, 5) is 33.6. The van der Waals surface area contributed by atoms with Crippen LogP contribution in [0.2, 0.25) is 0 Å². The van der Waals surface area contributed by atoms with Crippen LogP contribution in [-0.2, 0) is 13.0 Å². The predicted molar refractivity (Wildman–Crippen MR) is 125 cm³/mol. The molecule has 0 aliphatic heterocycles. The van der Waals surface area contributed by atoms with Crippen molar-refractivity contribution in [2.45, 2.75) is 32.8 Å². The van der Waals surface area contributed by atoms with Crippen molar-refractivity contribution in [2.24, 2.45) is 5.73 Å². The van der Waals surface area contributed by atoms with Crippen molar-refractivity contribution in [1.82, 2.24) is 14.4 Å². The van der Waals surface area contributed by atoms with Gasteiger partial charge < -0.3 is 15.8 Å². The molecule has 0 saturated heterocycles. The molecule has 0 atom stereocenters. The number of para-hydroxylation sites is 1. The molecule has 0 unspecified atom stereocenters. The van der Waals surface area contributed by atoms with E-state index in [1.54, 1.807) is 28.7 Å². The van der Waals surface area contributed by atoms with Crippen LogP contribution in [0.3, 0.4) is 0 Å². The molecule has 168 valence electrons. The summed E-state index contributed by atoms with van der Waals surface area (Å²) in [6.07, 6.45) is 4.05. The molecular weight excluding hydrogens is 418 g/mol. The minimum absolute atomic E-state index is 0.0652. The predicted octanol–water partition coefficient (Wildman–Crippen LogP) is 4.00. The summed E-state index contributed by atoms with van der Waals surface area (Å²) in [5, 5.41) is 2.92. The maximum atomic E-state index is 13.2. The summed E-state index contributed by atoms with van der Waals surface area (Å²) >= 11 is 0. The van der Waals surface area contributed by atoms with Gasteiger partial charge in [0.2, 0.25) is 0 Å². The topological polar surface area (TPSA) is 112 Å². The molecule has 4 rings (SSSR count). The zero-order chi connectivity index (χ0) is 23.2. The number of nitrogens with one attached hydrogen (secondary N) is 1. The molecule has 2 heterocycles. The van der Waals surface area contributed by atoms with Crippen molar-refractivity contribution in [1.29, 1.82) is 0 Å². The van der Waals surface area contributed by atoms with Crippen molar-refractivity contribution in [3.63, 3.8) is 0 Å². The first-order chi connectivity index (χ1) is 16.1. The number of unbranched alkanes of at least 4 members (excludes halogenated alkanes) is 1. The second-order valence-electron chi connectivity index (χ2n) is 7.61. The molecule has 2 aromatic heterocycles. The smallest absolute Gasteiger partial charge is 0.271 e. The first-order valence-electron chi connectivity index (χ1n) is 10.8. The third-order valence-corrected chi connectivity index (χ3v) is 5.18. The minimum Gasteiger partial charge on any atom is -0.488 e. The normalized spacial score (nSPS) is 10.8. The number of aryl methyl sites for hydroxylation is 1. The van der Waals surface area contributed by atoms with E-state index in [0.29, 0.717) is 35.8 Å². The number of hydrogen-bond acceptors (Lipinski definition) is 5. The standard InChI is InChI=1S/C25H25N5O3/c1-2-3-11-18-14-21(30-16-27-22(23(26)31)24(30)28-18)29-25(32)19-12-7-8-13-20(19)33-15-17-9-5-4-6-10-17/h4-10,12-14,16H,2-3,11,15H2,1H3,(H2,26,31)(H,29,32). The Morgan fingerprint density at radius 1 is 1.09 bits per heavy atom. The lowest BCUT2D eigenvalue weighted by molar-refractivity contribution is 0.0994. The average Bonchev–Trinajstić information content (AvgIpc) is 3.27. The Kier molecular flexibility index (Phi) is 6.64. The third-order valence-electron chi connectivity index (χ3n) is 5.18. The largest absolute Gasteiger partial charge is 0.488 e. The molecule has 0 aliphatic rings. The van der Waals surface area contributed by atoms with Crippen LogP contribution < -0.4 is 15.8 Å². The van der Waals surface area contributed by atoms with Gasteiger partial charge in [-0.2, -0.15) is 0 Å². The van der Waals surface area contributed by atoms with Crippen LogP contribution in [0.1, 0.15) is 51.9 Å². The van der Waals surface area contributed by atoms with Gasteiger partial charge in [-0.15, -0.1) is 0 Å². The fourth-order valence-corrected chi connectivity index (χ4v) is 3.48. The maximum absolute atomic E-state index is 13.2. The highest BCUT2D eigenvalue weighted by molar-refractivity contribution is 6.06. The van der Waals surface area contributed by atoms with Gasteiger partial charge in [0, 0.05) is 11.8 Å². The number of aromatic nitrogens is 3. The Morgan fingerprint density at radius 2 is 1.85 bits per heavy atom. The zero-order valence-corrected chi connectivity index (χ0v) is 18.3. The van der Waals surface area contributed by atoms with Gasteiger partial charge in [-0.25, -0.2) is 9.97 Å². The number of benzene rings is 2. The van der Waals surface area contributed by atoms with Gasteiger partial charge >= 0.3 is 0 Å². The summed E-state index contributed by atoms with van der Waals surface area (Å²) in [5.41, 5.74) is 7.98. The van der Waals surface area contributed by atoms with Crippen LogP contribution in [-0.4, -0.2) is 26.2 Å². The van der Waals surface area contributed by atoms with Gasteiger partial charge in [-0.1, -0.05) is 55.8 Å². The van der Waals surface area contributed by atoms with E-state index in [9.17, 15) is 9.59 Å². The quantitative estimate of drug-likeness (QED) is 0.406. The van der Waals surface area contributed by atoms with E-state index in [2.05, 4.69) is 22.2 Å². The summed E-state index contributed by atoms with van der Waals surface area (Å²) in [7, 11) is 0. The molecular formula is C25H25N5O3. The second-order valence-corrected chi connectivity index (χ2v) is 7.61. The number of carbonyl (C=O) groups excluding carboxylic acids is 2. The summed E-state index contributed by atoms with van der Waals surface area (Å²) < 4.78 is 7.48. The molecule has 0 spiro atoms. The highest BCUT2D eigenvalue weighted by Crippen LogP contribution is 2.23. The first-order valence-corrected chi connectivity index (χ1v) is 10.8. The maximum Gasteiger partial charge on any atom is 0.271 e. The van der Waals surface area contributed by atoms with Gasteiger partial charge in [0.25, 0.3) is 11.8 Å². The molecule has 0 bridgehead atoms. The number of imidazole rings is 1. The Balaban J connectivity index is 1.63. The molecule has 0 radical (unpaired) electrons. The molecule has 2 aromatic carbocycles. The Morgan fingerprint density at radius 3 is 2.61 bits per heavy atom. The molecule has 0 aliphatic carbocycles. The number of anilines is 1. The number of nitrogens with two attached hydrogens (primary N) is 1. The SMILES string of the molecule is CCCCc1cc(NC(=O)c2ccccc2OCc2ccccc2)n2cnc(C(N)=O)c2n1. The number of nitrogens with zero attached hydrogens (tertiary/aromatic N) is 3. The van der Waals surface area contributed by atoms with Crippen LogP contribution in [0, 0.1) is 0 Å². The van der Waals surface area contributed by atoms with Crippen LogP contribution in [0.15, 0.2) is 67.0 Å². The number of rotatable bonds is 9. The van der Waals surface area contributed by atoms with Crippen molar-refractivity contribution < 1.29 is 14.3 Å². The number of fused-ring (bicyclic) bond motifs is 1. The lowest BCUT2D eigenvalue weighted by atomic mass is 10.1. The van der Waals surface area contributed by atoms with E-state index in [0.717, 1.165) is 24.1 Å². The Hall–Kier alpha value is -4.20. The number of ether oxygens (including phenoxy) is 1. The highest BCUT2D eigenvalue weighted by atomic mass is 16.5. The van der Waals surface area contributed by atoms with Crippen molar-refractivity contribution in [3.8, 4) is 5.75 Å². The van der Waals surface area contributed by atoms with E-state index < -0.39 is 5.91 Å². The summed E-state index contributed by atoms with van der Waals surface area (Å²) in [6, 6.07) is 18.6. The molecule has 8 heteroatoms. The number of carbonyl (C=O) groups is 2. The average molecular weight is 444 g/mol. The highest BCUT2D eigenvalue weighted by Gasteiger charge is 2.18. The van der Waals surface area contributed by atoms with Crippen LogP contribution in [0.25, 0.3) is 5.65 Å². The van der Waals surface area contributed by atoms with E-state index >= 15 is 0 Å². The zero-order valence-electron chi connectivity index (χ0n) is 18.3. The minimum atomic E-state index is -0.672. The molecule has 4 aromatic rings. The second kappa shape index (κ2) is 9.95. The summed E-state index contributed by atoms with van der Waals surface area (Å²) in [6.45, 7) is 2.43. The van der Waals surface area contributed by atoms with Gasteiger partial charge in [0.15, 0.2) is 11.3 Å². The van der Waals surface area contributed by atoms with Gasteiger partial charge in [0.1, 0.15) is 24.5 Å². The molecule has 33 heavy (non-hydrogen) atoms. The monoisotopic (exact) mass is 443 g/mol. The van der Waals surface area contributed by atoms with Crippen LogP contribution >= 0.6 is 0 Å². The number of primary amides is 1. The van der Waals surface area contributed by atoms with Gasteiger partial charge in [0.05, 0.1) is 5.56 Å². The van der Waals surface area contributed by atoms with Crippen molar-refractivity contribution in [2.75, 3.05) is 5.32 Å². The van der Waals surface area contributed by atoms with E-state index in [1.165, 1.54) is 6.33 Å². The van der Waals surface area contributed by atoms with E-state index in [1.807, 2.05) is 36.4 Å². The first kappa shape index (κ1) is 22.0. The lowest BCUT2D eigenvalue weighted by Crippen LogP contribution is -2.17. The molecule has 0 fully saturated rings. The summed E-state index contributed by atoms with van der Waals surface area (Å²) in [5.74, 6) is -0.0933. The van der Waals surface area contributed by atoms with Crippen LogP contribution in [0.5, 0.6) is 5.75 Å². The van der Waals surface area contributed by atoms with Gasteiger partial charge in [-0.3, -0.25) is 14.0 Å². The number of amides is 2. The van der Waals surface area contributed by atoms with Crippen LogP contribution in [0.4, 0.5) is 5.82 Å². The Labute approximate surface area is 191 Å². The Bertz CT molecular complexity index is 1280. The van der Waals surface area contributed by atoms with E-state index in [4.69, 9.17) is 10.5 Å². The number of hydrogen-bond donors (Lipinski definition) is 2. The van der Waals surface area contributed by atoms with Crippen molar-refractivity contribution >= 4 is 23.3 Å². The third kappa shape index (κ3) is 5.01. The van der Waals surface area contributed by atoms with Gasteiger partial charge in [-0.05, 0) is 30.5 Å².